The van der Waals surface area contributed by atoms with Crippen LogP contribution in [0.2, 0.25) is 0 Å². The fourth-order valence-corrected chi connectivity index (χ4v) is 2.76. The number of hydrogen-bond acceptors (Lipinski definition) is 6. The lowest BCUT2D eigenvalue weighted by atomic mass is 10.2. The van der Waals surface area contributed by atoms with Gasteiger partial charge in [0.1, 0.15) is 17.3 Å². The average Bonchev–Trinajstić information content (AvgIpc) is 2.46. The molecule has 0 unspecified atom stereocenters. The molecule has 0 aliphatic rings. The zero-order valence-electron chi connectivity index (χ0n) is 13.3. The molecule has 0 amide bonds. The summed E-state index contributed by atoms with van der Waals surface area (Å²) in [4.78, 5) is 0.0364. The molecular formula is C15H24O6S. The molecule has 0 atom stereocenters. The first-order chi connectivity index (χ1) is 10.5. The smallest absolute Gasteiger partial charge is 0.300 e. The predicted octanol–water partition coefficient (Wildman–Crippen LogP) is 2.15. The number of aryl methyl sites for hydroxylation is 1. The Morgan fingerprint density at radius 3 is 2.32 bits per heavy atom. The standard InChI is InChI=1S/C15H24O6S/c1-4-18-8-9-19-10-11-20-14-12-13(3)6-7-15(14)22(16,17)21-5-2/h6-7,12H,4-5,8-11H2,1-3H3. The molecule has 0 aromatic heterocycles. The van der Waals surface area contributed by atoms with Crippen LogP contribution >= 0.6 is 0 Å². The average molecular weight is 332 g/mol. The fraction of sp³-hybridized carbons (Fsp3) is 0.600. The van der Waals surface area contributed by atoms with E-state index in [9.17, 15) is 8.42 Å². The third-order valence-electron chi connectivity index (χ3n) is 2.70. The van der Waals surface area contributed by atoms with Crippen molar-refractivity contribution in [3.63, 3.8) is 0 Å². The lowest BCUT2D eigenvalue weighted by molar-refractivity contribution is 0.0401. The second-order valence-corrected chi connectivity index (χ2v) is 6.05. The van der Waals surface area contributed by atoms with Gasteiger partial charge in [0.25, 0.3) is 0 Å². The molecule has 0 fully saturated rings. The monoisotopic (exact) mass is 332 g/mol. The van der Waals surface area contributed by atoms with Crippen molar-refractivity contribution in [1.29, 1.82) is 0 Å². The van der Waals surface area contributed by atoms with Gasteiger partial charge in [0, 0.05) is 6.61 Å². The van der Waals surface area contributed by atoms with Crippen molar-refractivity contribution in [1.82, 2.24) is 0 Å². The maximum absolute atomic E-state index is 12.0. The van der Waals surface area contributed by atoms with E-state index in [2.05, 4.69) is 0 Å². The topological polar surface area (TPSA) is 71.1 Å². The zero-order chi connectivity index (χ0) is 16.4. The van der Waals surface area contributed by atoms with Crippen molar-refractivity contribution < 1.29 is 26.8 Å². The summed E-state index contributed by atoms with van der Waals surface area (Å²) >= 11 is 0. The molecule has 1 aromatic carbocycles. The molecule has 22 heavy (non-hydrogen) atoms. The molecule has 0 aliphatic carbocycles. The number of hydrogen-bond donors (Lipinski definition) is 0. The van der Waals surface area contributed by atoms with Gasteiger partial charge >= 0.3 is 10.1 Å². The summed E-state index contributed by atoms with van der Waals surface area (Å²) in [7, 11) is -3.80. The van der Waals surface area contributed by atoms with Crippen molar-refractivity contribution in [3.8, 4) is 5.75 Å². The van der Waals surface area contributed by atoms with Crippen LogP contribution in [0, 0.1) is 6.92 Å². The third-order valence-corrected chi connectivity index (χ3v) is 4.12. The Kier molecular flexibility index (Phi) is 8.40. The summed E-state index contributed by atoms with van der Waals surface area (Å²) in [5.74, 6) is 0.279. The number of benzene rings is 1. The van der Waals surface area contributed by atoms with Crippen molar-refractivity contribution >= 4 is 10.1 Å². The minimum Gasteiger partial charge on any atom is -0.490 e. The highest BCUT2D eigenvalue weighted by molar-refractivity contribution is 7.86. The first-order valence-corrected chi connectivity index (χ1v) is 8.70. The van der Waals surface area contributed by atoms with Crippen LogP contribution in [0.15, 0.2) is 23.1 Å². The van der Waals surface area contributed by atoms with Crippen LogP contribution in [-0.2, 0) is 23.8 Å². The van der Waals surface area contributed by atoms with Gasteiger partial charge in [-0.1, -0.05) is 6.07 Å². The fourth-order valence-electron chi connectivity index (χ4n) is 1.73. The van der Waals surface area contributed by atoms with E-state index in [-0.39, 0.29) is 23.9 Å². The van der Waals surface area contributed by atoms with E-state index in [1.807, 2.05) is 13.8 Å². The molecule has 6 nitrogen and oxygen atoms in total. The minimum absolute atomic E-state index is 0.0364. The Bertz CT molecular complexity index is 541. The SMILES string of the molecule is CCOCCOCCOc1cc(C)ccc1S(=O)(=O)OCC. The Morgan fingerprint density at radius 1 is 0.955 bits per heavy atom. The van der Waals surface area contributed by atoms with Gasteiger partial charge in [-0.2, -0.15) is 8.42 Å². The summed E-state index contributed by atoms with van der Waals surface area (Å²) in [6.45, 7) is 7.76. The molecular weight excluding hydrogens is 308 g/mol. The molecule has 0 N–H and O–H groups in total. The van der Waals surface area contributed by atoms with E-state index >= 15 is 0 Å². The Balaban J connectivity index is 2.60. The zero-order valence-corrected chi connectivity index (χ0v) is 14.1. The van der Waals surface area contributed by atoms with Gasteiger partial charge in [0.2, 0.25) is 0 Å². The molecule has 0 spiro atoms. The minimum atomic E-state index is -3.80. The predicted molar refractivity (Wildman–Crippen MR) is 82.8 cm³/mol. The molecule has 0 radical (unpaired) electrons. The van der Waals surface area contributed by atoms with Crippen LogP contribution in [0.25, 0.3) is 0 Å². The number of rotatable bonds is 11. The Labute approximate surface area is 132 Å². The number of ether oxygens (including phenoxy) is 3. The van der Waals surface area contributed by atoms with E-state index in [1.165, 1.54) is 6.07 Å². The summed E-state index contributed by atoms with van der Waals surface area (Å²) in [6, 6.07) is 4.87. The third kappa shape index (κ3) is 6.31. The van der Waals surface area contributed by atoms with Crippen LogP contribution < -0.4 is 4.74 Å². The highest BCUT2D eigenvalue weighted by Gasteiger charge is 2.20. The highest BCUT2D eigenvalue weighted by Crippen LogP contribution is 2.26. The quantitative estimate of drug-likeness (QED) is 0.457. The van der Waals surface area contributed by atoms with Crippen LogP contribution in [0.5, 0.6) is 5.75 Å². The van der Waals surface area contributed by atoms with E-state index in [1.54, 1.807) is 19.1 Å². The molecule has 0 bridgehead atoms. The van der Waals surface area contributed by atoms with Crippen molar-refractivity contribution in [2.75, 3.05) is 39.6 Å². The van der Waals surface area contributed by atoms with E-state index in [0.29, 0.717) is 26.4 Å². The van der Waals surface area contributed by atoms with Gasteiger partial charge in [-0.3, -0.25) is 4.18 Å². The van der Waals surface area contributed by atoms with Gasteiger partial charge < -0.3 is 14.2 Å². The van der Waals surface area contributed by atoms with E-state index in [0.717, 1.165) is 5.56 Å². The van der Waals surface area contributed by atoms with Crippen molar-refractivity contribution in [2.24, 2.45) is 0 Å². The van der Waals surface area contributed by atoms with Gasteiger partial charge in [-0.05, 0) is 38.5 Å². The first-order valence-electron chi connectivity index (χ1n) is 7.29. The Hall–Kier alpha value is -1.15. The van der Waals surface area contributed by atoms with Crippen molar-refractivity contribution in [3.05, 3.63) is 23.8 Å². The molecule has 1 aromatic rings. The molecule has 7 heteroatoms. The molecule has 0 aliphatic heterocycles. The largest absolute Gasteiger partial charge is 0.490 e. The van der Waals surface area contributed by atoms with Gasteiger partial charge in [0.15, 0.2) is 0 Å². The summed E-state index contributed by atoms with van der Waals surface area (Å²) in [5.41, 5.74) is 0.905. The summed E-state index contributed by atoms with van der Waals surface area (Å²) in [6.07, 6.45) is 0. The lowest BCUT2D eigenvalue weighted by Gasteiger charge is -2.12. The second kappa shape index (κ2) is 9.78. The Morgan fingerprint density at radius 2 is 1.64 bits per heavy atom. The van der Waals surface area contributed by atoms with Gasteiger partial charge in [0.05, 0.1) is 26.4 Å². The highest BCUT2D eigenvalue weighted by atomic mass is 32.2. The molecule has 0 heterocycles. The normalized spacial score (nSPS) is 11.6. The van der Waals surface area contributed by atoms with Crippen LogP contribution in [0.4, 0.5) is 0 Å². The van der Waals surface area contributed by atoms with Crippen LogP contribution in [-0.4, -0.2) is 48.1 Å². The van der Waals surface area contributed by atoms with E-state index in [4.69, 9.17) is 18.4 Å². The molecule has 0 saturated carbocycles. The lowest BCUT2D eigenvalue weighted by Crippen LogP contribution is -2.13. The summed E-state index contributed by atoms with van der Waals surface area (Å²) in [5, 5.41) is 0. The second-order valence-electron chi connectivity index (χ2n) is 4.47. The van der Waals surface area contributed by atoms with Crippen LogP contribution in [0.3, 0.4) is 0 Å². The molecule has 126 valence electrons. The van der Waals surface area contributed by atoms with Gasteiger partial charge in [-0.25, -0.2) is 0 Å². The summed E-state index contributed by atoms with van der Waals surface area (Å²) < 4.78 is 44.9. The molecule has 0 saturated heterocycles. The maximum Gasteiger partial charge on any atom is 0.300 e. The first kappa shape index (κ1) is 18.9. The van der Waals surface area contributed by atoms with Crippen LogP contribution in [0.1, 0.15) is 19.4 Å². The molecule has 1 rings (SSSR count). The van der Waals surface area contributed by atoms with E-state index < -0.39 is 10.1 Å². The van der Waals surface area contributed by atoms with Gasteiger partial charge in [-0.15, -0.1) is 0 Å². The van der Waals surface area contributed by atoms with Crippen molar-refractivity contribution in [2.45, 2.75) is 25.7 Å². The maximum atomic E-state index is 12.0.